The molecule has 327 valence electrons. The van der Waals surface area contributed by atoms with Crippen LogP contribution in [0.1, 0.15) is 59.7 Å². The van der Waals surface area contributed by atoms with Crippen molar-refractivity contribution in [1.29, 1.82) is 0 Å². The van der Waals surface area contributed by atoms with Gasteiger partial charge in [-0.2, -0.15) is 24.2 Å². The number of phenolic OH excluding ortho intramolecular Hbond substituents is 2. The van der Waals surface area contributed by atoms with Crippen LogP contribution in [0.2, 0.25) is 0 Å². The van der Waals surface area contributed by atoms with Gasteiger partial charge in [-0.15, -0.1) is 0 Å². The predicted octanol–water partition coefficient (Wildman–Crippen LogP) is 9.84. The van der Waals surface area contributed by atoms with Crippen LogP contribution in [0.4, 0.5) is 46.5 Å². The van der Waals surface area contributed by atoms with E-state index < -0.39 is 81.1 Å². The van der Waals surface area contributed by atoms with Gasteiger partial charge < -0.3 is 29.5 Å². The number of aromatic hydroxyl groups is 2. The molecule has 0 aromatic heterocycles. The van der Waals surface area contributed by atoms with Crippen molar-refractivity contribution >= 4 is 27.9 Å². The van der Waals surface area contributed by atoms with Crippen LogP contribution < -0.4 is 9.80 Å². The first-order valence-corrected chi connectivity index (χ1v) is 18.9. The molecule has 2 N–H and O–H groups in total. The Morgan fingerprint density at radius 1 is 0.574 bits per heavy atom. The molecule has 0 spiro atoms. The molecule has 0 aliphatic carbocycles. The van der Waals surface area contributed by atoms with E-state index in [1.165, 1.54) is 50.3 Å². The first kappa shape index (κ1) is 49.5. The molecule has 0 atom stereocenters. The van der Waals surface area contributed by atoms with Crippen LogP contribution in [0.25, 0.3) is 0 Å². The van der Waals surface area contributed by atoms with Gasteiger partial charge in [-0.05, 0) is 63.8 Å². The number of ether oxygens (including phenoxy) is 2. The molecular weight excluding hydrogens is 906 g/mol. The van der Waals surface area contributed by atoms with Crippen LogP contribution >= 0.6 is 0 Å². The second-order valence-electron chi connectivity index (χ2n) is 13.5. The maximum atomic E-state index is 12.9. The zero-order chi connectivity index (χ0) is 46.0. The third-order valence-electron chi connectivity index (χ3n) is 8.88. The Morgan fingerprint density at radius 2 is 0.869 bits per heavy atom. The van der Waals surface area contributed by atoms with Crippen molar-refractivity contribution in [2.24, 2.45) is 0 Å². The average Bonchev–Trinajstić information content (AvgIpc) is 3.69. The maximum absolute atomic E-state index is 12.9. The molecule has 0 bridgehead atoms. The number of phenols is 2. The molecule has 17 heteroatoms. The summed E-state index contributed by atoms with van der Waals surface area (Å²) in [7, 11) is 1.56. The van der Waals surface area contributed by atoms with Gasteiger partial charge in [0, 0.05) is 24.5 Å². The fourth-order valence-corrected chi connectivity index (χ4v) is 6.75. The minimum absolute atomic E-state index is 0.782. The van der Waals surface area contributed by atoms with E-state index in [0.717, 1.165) is 27.3 Å². The summed E-state index contributed by atoms with van der Waals surface area (Å²) >= 11 is 2.48. The minimum atomic E-state index is -2.05. The topological polar surface area (TPSA) is 99.5 Å². The molecule has 0 amide bonds. The third-order valence-corrected chi connectivity index (χ3v) is 9.46. The van der Waals surface area contributed by atoms with E-state index in [0.29, 0.717) is 0 Å². The number of hydrogen-bond acceptors (Lipinski definition) is 8. The number of aryl methyl sites for hydroxylation is 6. The van der Waals surface area contributed by atoms with Gasteiger partial charge in [-0.1, -0.05) is 35.4 Å². The molecule has 61 heavy (non-hydrogen) atoms. The third kappa shape index (κ3) is 11.5. The fraction of sp³-hybridized carbons (Fsp3) is 0.227. The molecular formula is C44H41F8N2O6Ru. The molecule has 8 nitrogen and oxygen atoms in total. The van der Waals surface area contributed by atoms with Crippen LogP contribution in [-0.2, 0) is 27.3 Å². The predicted molar refractivity (Wildman–Crippen MR) is 210 cm³/mol. The second-order valence-corrected chi connectivity index (χ2v) is 14.0. The standard InChI is InChI=1S/C21H27N2.2C8H4F4O3.C7H6.Ru/c1-14-9-16(3)20(17(4)10-14)22-7-8-23(13-22)21-18(5)11-15(2)12-19(21)6;2*1-15-8(14)2-3(9)5(11)7(13)6(12)4(2)10;1-7-5-3-2-4-6-7;/h9-13H,7-8H2,1-6H3;2*13H,1H3;1-6H;/q-1;;;;+1. The van der Waals surface area contributed by atoms with Gasteiger partial charge in [0.15, 0.2) is 34.8 Å². The molecule has 1 fully saturated rings. The van der Waals surface area contributed by atoms with E-state index in [4.69, 9.17) is 10.2 Å². The Hall–Kier alpha value is -5.83. The summed E-state index contributed by atoms with van der Waals surface area (Å²) in [6.45, 7) is 17.6. The Labute approximate surface area is 357 Å². The molecule has 5 aromatic rings. The summed E-state index contributed by atoms with van der Waals surface area (Å²) in [6.07, 6.45) is 0. The van der Waals surface area contributed by atoms with Crippen LogP contribution in [0.3, 0.4) is 0 Å². The van der Waals surface area contributed by atoms with Crippen molar-refractivity contribution in [3.63, 3.8) is 0 Å². The van der Waals surface area contributed by atoms with E-state index in [1.54, 1.807) is 0 Å². The molecule has 5 aromatic carbocycles. The van der Waals surface area contributed by atoms with E-state index in [1.807, 2.05) is 22.8 Å². The van der Waals surface area contributed by atoms with Gasteiger partial charge in [0.05, 0.1) is 14.2 Å². The number of hydrogen-bond donors (Lipinski definition) is 2. The van der Waals surface area contributed by atoms with Crippen LogP contribution in [0.5, 0.6) is 11.5 Å². The number of benzene rings is 5. The molecule has 6 rings (SSSR count). The number of anilines is 2. The number of methoxy groups -OCH3 is 2. The number of rotatable bonds is 5. The van der Waals surface area contributed by atoms with Crippen molar-refractivity contribution in [3.05, 3.63) is 158 Å². The van der Waals surface area contributed by atoms with Crippen LogP contribution in [-0.4, -0.2) is 54.1 Å². The Balaban J connectivity index is 0.000000230. The Morgan fingerprint density at radius 3 is 1.11 bits per heavy atom. The van der Waals surface area contributed by atoms with Gasteiger partial charge >= 0.3 is 70.3 Å². The summed E-state index contributed by atoms with van der Waals surface area (Å²) in [6, 6.07) is 19.3. The number of halogens is 8. The summed E-state index contributed by atoms with van der Waals surface area (Å²) in [5.74, 6) is -23.0. The first-order valence-electron chi connectivity index (χ1n) is 17.9. The van der Waals surface area contributed by atoms with E-state index >= 15 is 0 Å². The summed E-state index contributed by atoms with van der Waals surface area (Å²) < 4.78 is 112. The normalized spacial score (nSPS) is 11.7. The second kappa shape index (κ2) is 21.6. The molecule has 1 saturated heterocycles. The molecule has 1 aliphatic heterocycles. The number of carbonyl (C=O) groups excluding carboxylic acids is 2. The zero-order valence-corrected chi connectivity index (χ0v) is 35.8. The van der Waals surface area contributed by atoms with Crippen molar-refractivity contribution < 1.29 is 82.2 Å². The SMILES string of the molecule is COC(=O)c1c(F)c(F)c(O)c(F)c1F.COC(=O)c1c(F)c(F)c(O)c(F)c1F.Cc1cc(C)c(N2[CH-]N(c3c(C)cc(C)cc3C)CC2)c(C)c1.[Ru+]=[CH]c1ccccc1. The van der Waals surface area contributed by atoms with Gasteiger partial charge in [0.25, 0.3) is 0 Å². The Kier molecular flexibility index (Phi) is 17.6. The molecule has 1 aliphatic rings. The van der Waals surface area contributed by atoms with E-state index in [2.05, 4.69) is 122 Å². The van der Waals surface area contributed by atoms with Gasteiger partial charge in [0.2, 0.25) is 23.3 Å². The first-order chi connectivity index (χ1) is 28.6. The molecule has 1 heterocycles. The van der Waals surface area contributed by atoms with Crippen LogP contribution in [0.15, 0.2) is 54.6 Å². The van der Waals surface area contributed by atoms with E-state index in [9.17, 15) is 44.7 Å². The van der Waals surface area contributed by atoms with Gasteiger partial charge in [0.1, 0.15) is 11.1 Å². The number of carbonyl (C=O) groups is 2. The molecule has 0 radical (unpaired) electrons. The number of esters is 2. The average molecular weight is 947 g/mol. The summed E-state index contributed by atoms with van der Waals surface area (Å²) in [4.78, 5) is 26.3. The van der Waals surface area contributed by atoms with E-state index in [-0.39, 0.29) is 0 Å². The van der Waals surface area contributed by atoms with Crippen molar-refractivity contribution in [1.82, 2.24) is 0 Å². The van der Waals surface area contributed by atoms with Gasteiger partial charge in [-0.25, -0.2) is 27.2 Å². The number of nitrogens with zero attached hydrogens (tertiary/aromatic N) is 2. The quantitative estimate of drug-likeness (QED) is 0.0591. The summed E-state index contributed by atoms with van der Waals surface area (Å²) in [5, 5.41) is 17.1. The molecule has 0 saturated carbocycles. The van der Waals surface area contributed by atoms with Crippen molar-refractivity contribution in [2.75, 3.05) is 37.1 Å². The van der Waals surface area contributed by atoms with Crippen LogP contribution in [0, 0.1) is 94.7 Å². The Bertz CT molecular complexity index is 2190. The monoisotopic (exact) mass is 947 g/mol. The fourth-order valence-electron chi connectivity index (χ4n) is 6.41. The van der Waals surface area contributed by atoms with Crippen molar-refractivity contribution in [2.45, 2.75) is 41.5 Å². The summed E-state index contributed by atoms with van der Waals surface area (Å²) in [5.41, 5.74) is 9.04. The zero-order valence-electron chi connectivity index (χ0n) is 34.1. The molecule has 0 unspecified atom stereocenters. The van der Waals surface area contributed by atoms with Crippen molar-refractivity contribution in [3.8, 4) is 11.5 Å². The van der Waals surface area contributed by atoms with Gasteiger partial charge in [-0.3, -0.25) is 0 Å².